The largest absolute Gasteiger partial charge is 0.480 e. The van der Waals surface area contributed by atoms with Crippen LogP contribution in [0.2, 0.25) is 0 Å². The maximum atomic E-state index is 13.2. The lowest BCUT2D eigenvalue weighted by Gasteiger charge is -2.29. The molecule has 5 atom stereocenters. The molecule has 176 valence electrons. The Hall–Kier alpha value is -3.02. The second-order valence-electron chi connectivity index (χ2n) is 7.79. The number of rotatable bonds is 10. The molecule has 7 N–H and O–H groups in total. The smallest absolute Gasteiger partial charge is 0.326 e. The highest BCUT2D eigenvalue weighted by molar-refractivity contribution is 5.94. The highest BCUT2D eigenvalue weighted by Crippen LogP contribution is 2.19. The number of carbonyl (C=O) groups is 4. The van der Waals surface area contributed by atoms with Crippen molar-refractivity contribution in [2.45, 2.75) is 56.5 Å². The van der Waals surface area contributed by atoms with Gasteiger partial charge in [0, 0.05) is 13.0 Å². The minimum atomic E-state index is -1.41. The summed E-state index contributed by atoms with van der Waals surface area (Å²) in [4.78, 5) is 50.8. The molecule has 0 saturated carbocycles. The van der Waals surface area contributed by atoms with E-state index >= 15 is 0 Å². The van der Waals surface area contributed by atoms with Gasteiger partial charge < -0.3 is 36.6 Å². The number of carbonyl (C=O) groups excluding carboxylic acids is 3. The molecule has 0 radical (unpaired) electrons. The van der Waals surface area contributed by atoms with Crippen molar-refractivity contribution in [3.8, 4) is 0 Å². The van der Waals surface area contributed by atoms with E-state index in [1.54, 1.807) is 30.3 Å². The summed E-state index contributed by atoms with van der Waals surface area (Å²) in [7, 11) is 0. The van der Waals surface area contributed by atoms with Crippen molar-refractivity contribution in [1.82, 2.24) is 15.5 Å². The Morgan fingerprint density at radius 3 is 2.31 bits per heavy atom. The summed E-state index contributed by atoms with van der Waals surface area (Å²) >= 11 is 0. The van der Waals surface area contributed by atoms with Gasteiger partial charge in [0.2, 0.25) is 17.7 Å². The second kappa shape index (κ2) is 11.6. The van der Waals surface area contributed by atoms with Gasteiger partial charge >= 0.3 is 5.97 Å². The zero-order chi connectivity index (χ0) is 23.8. The fourth-order valence-electron chi connectivity index (χ4n) is 3.49. The molecule has 1 saturated heterocycles. The molecule has 1 aromatic carbocycles. The summed E-state index contributed by atoms with van der Waals surface area (Å²) in [6.07, 6.45) is -0.234. The summed E-state index contributed by atoms with van der Waals surface area (Å²) in [6.45, 7) is 0.792. The first-order chi connectivity index (χ1) is 15.1. The van der Waals surface area contributed by atoms with Gasteiger partial charge in [-0.25, -0.2) is 4.79 Å². The zero-order valence-electron chi connectivity index (χ0n) is 17.8. The molecule has 1 fully saturated rings. The van der Waals surface area contributed by atoms with Gasteiger partial charge in [0.1, 0.15) is 24.2 Å². The van der Waals surface area contributed by atoms with E-state index in [1.165, 1.54) is 11.8 Å². The first-order valence-electron chi connectivity index (χ1n) is 10.4. The van der Waals surface area contributed by atoms with Crippen LogP contribution in [0, 0.1) is 0 Å². The predicted octanol–water partition coefficient (Wildman–Crippen LogP) is -2.03. The summed E-state index contributed by atoms with van der Waals surface area (Å²) in [5.41, 5.74) is 6.28. The van der Waals surface area contributed by atoms with Crippen molar-refractivity contribution in [3.05, 3.63) is 35.9 Å². The van der Waals surface area contributed by atoms with Crippen molar-refractivity contribution in [2.24, 2.45) is 5.73 Å². The molecular formula is C21H30N4O7. The van der Waals surface area contributed by atoms with E-state index in [2.05, 4.69) is 10.6 Å². The molecule has 0 aliphatic carbocycles. The van der Waals surface area contributed by atoms with Crippen LogP contribution in [0.15, 0.2) is 30.3 Å². The van der Waals surface area contributed by atoms with E-state index in [4.69, 9.17) is 5.73 Å². The predicted molar refractivity (Wildman–Crippen MR) is 113 cm³/mol. The van der Waals surface area contributed by atoms with Gasteiger partial charge in [-0.15, -0.1) is 0 Å². The van der Waals surface area contributed by atoms with Crippen LogP contribution >= 0.6 is 0 Å². The van der Waals surface area contributed by atoms with Crippen LogP contribution in [0.5, 0.6) is 0 Å². The van der Waals surface area contributed by atoms with Crippen LogP contribution in [-0.2, 0) is 25.6 Å². The number of carboxylic acid groups (broad SMARTS) is 1. The third-order valence-electron chi connectivity index (χ3n) is 5.36. The summed E-state index contributed by atoms with van der Waals surface area (Å²) < 4.78 is 0. The van der Waals surface area contributed by atoms with Gasteiger partial charge in [0.15, 0.2) is 0 Å². The number of benzene rings is 1. The third-order valence-corrected chi connectivity index (χ3v) is 5.36. The number of hydrogen-bond donors (Lipinski definition) is 6. The van der Waals surface area contributed by atoms with Gasteiger partial charge in [0.05, 0.1) is 12.7 Å². The van der Waals surface area contributed by atoms with E-state index in [-0.39, 0.29) is 13.0 Å². The summed E-state index contributed by atoms with van der Waals surface area (Å²) in [5, 5.41) is 33.2. The molecule has 1 heterocycles. The van der Waals surface area contributed by atoms with Crippen molar-refractivity contribution in [1.29, 1.82) is 0 Å². The number of nitrogens with two attached hydrogens (primary N) is 1. The van der Waals surface area contributed by atoms with Crippen LogP contribution in [0.3, 0.4) is 0 Å². The first kappa shape index (κ1) is 25.2. The van der Waals surface area contributed by atoms with Crippen molar-refractivity contribution in [3.63, 3.8) is 0 Å². The minimum Gasteiger partial charge on any atom is -0.480 e. The van der Waals surface area contributed by atoms with Crippen molar-refractivity contribution < 1.29 is 34.5 Å². The van der Waals surface area contributed by atoms with Gasteiger partial charge in [-0.3, -0.25) is 14.4 Å². The van der Waals surface area contributed by atoms with E-state index in [0.717, 1.165) is 5.56 Å². The number of aliphatic hydroxyl groups excluding tert-OH is 2. The van der Waals surface area contributed by atoms with E-state index in [0.29, 0.717) is 12.8 Å². The van der Waals surface area contributed by atoms with E-state index in [9.17, 15) is 34.5 Å². The molecule has 5 unspecified atom stereocenters. The average molecular weight is 450 g/mol. The number of hydrogen-bond acceptors (Lipinski definition) is 7. The quantitative estimate of drug-likeness (QED) is 0.236. The molecule has 11 heteroatoms. The first-order valence-corrected chi connectivity index (χ1v) is 10.4. The van der Waals surface area contributed by atoms with Crippen LogP contribution in [0.4, 0.5) is 0 Å². The lowest BCUT2D eigenvalue weighted by atomic mass is 10.0. The van der Waals surface area contributed by atoms with Gasteiger partial charge in [-0.1, -0.05) is 30.3 Å². The van der Waals surface area contributed by atoms with Crippen molar-refractivity contribution in [2.75, 3.05) is 13.2 Å². The summed E-state index contributed by atoms with van der Waals surface area (Å²) in [6, 6.07) is 4.05. The third kappa shape index (κ3) is 6.49. The monoisotopic (exact) mass is 450 g/mol. The average Bonchev–Trinajstić information content (AvgIpc) is 3.26. The number of aliphatic hydroxyl groups is 2. The number of likely N-dealkylation sites (tertiary alicyclic amines) is 1. The molecule has 11 nitrogen and oxygen atoms in total. The normalized spacial score (nSPS) is 19.5. The van der Waals surface area contributed by atoms with Crippen LogP contribution < -0.4 is 16.4 Å². The topological polar surface area (TPSA) is 182 Å². The zero-order valence-corrected chi connectivity index (χ0v) is 17.8. The van der Waals surface area contributed by atoms with E-state index in [1.807, 2.05) is 0 Å². The standard InChI is InChI=1S/C21H30N4O7/c1-12(27)17(22)19(29)24-15(11-26)18(28)23-14(10-13-6-3-2-4-7-13)20(30)25-9-5-8-16(25)21(31)32/h2-4,6-7,12,14-17,26-27H,5,8-11,22H2,1H3,(H,23,28)(H,24,29)(H,31,32). The number of amides is 3. The van der Waals surface area contributed by atoms with Gasteiger partial charge in [0.25, 0.3) is 0 Å². The highest BCUT2D eigenvalue weighted by Gasteiger charge is 2.38. The fraction of sp³-hybridized carbons (Fsp3) is 0.524. The van der Waals surface area contributed by atoms with Gasteiger partial charge in [-0.2, -0.15) is 0 Å². The molecule has 1 aliphatic heterocycles. The maximum absolute atomic E-state index is 13.2. The molecule has 3 amide bonds. The number of nitrogens with zero attached hydrogens (tertiary/aromatic N) is 1. The lowest BCUT2D eigenvalue weighted by Crippen LogP contribution is -2.59. The Balaban J connectivity index is 2.19. The Bertz CT molecular complexity index is 818. The molecule has 32 heavy (non-hydrogen) atoms. The van der Waals surface area contributed by atoms with Gasteiger partial charge in [-0.05, 0) is 25.3 Å². The summed E-state index contributed by atoms with van der Waals surface area (Å²) in [5.74, 6) is -3.35. The van der Waals surface area contributed by atoms with E-state index < -0.39 is 60.6 Å². The molecule has 0 bridgehead atoms. The lowest BCUT2D eigenvalue weighted by molar-refractivity contribution is -0.149. The Morgan fingerprint density at radius 2 is 1.75 bits per heavy atom. The maximum Gasteiger partial charge on any atom is 0.326 e. The molecule has 1 aliphatic rings. The molecule has 0 aromatic heterocycles. The van der Waals surface area contributed by atoms with Crippen LogP contribution in [0.1, 0.15) is 25.3 Å². The number of carboxylic acids is 1. The molecular weight excluding hydrogens is 420 g/mol. The Kier molecular flexibility index (Phi) is 9.12. The SMILES string of the molecule is CC(O)C(N)C(=O)NC(CO)C(=O)NC(Cc1ccccc1)C(=O)N1CCCC1C(=O)O. The highest BCUT2D eigenvalue weighted by atomic mass is 16.4. The molecule has 0 spiro atoms. The second-order valence-corrected chi connectivity index (χ2v) is 7.79. The van der Waals surface area contributed by atoms with Crippen LogP contribution in [0.25, 0.3) is 0 Å². The van der Waals surface area contributed by atoms with Crippen molar-refractivity contribution >= 4 is 23.7 Å². The minimum absolute atomic E-state index is 0.0908. The molecule has 2 rings (SSSR count). The number of aliphatic carboxylic acids is 1. The Labute approximate surface area is 185 Å². The number of nitrogens with one attached hydrogen (secondary N) is 2. The molecule has 1 aromatic rings. The Morgan fingerprint density at radius 1 is 1.12 bits per heavy atom. The fourth-order valence-corrected chi connectivity index (χ4v) is 3.49. The van der Waals surface area contributed by atoms with Crippen LogP contribution in [-0.4, -0.2) is 87.3 Å².